The molecule has 0 aromatic carbocycles. The summed E-state index contributed by atoms with van der Waals surface area (Å²) in [4.78, 5) is 8.49. The van der Waals surface area contributed by atoms with Gasteiger partial charge in [0.1, 0.15) is 0 Å². The second-order valence-electron chi connectivity index (χ2n) is 3.71. The van der Waals surface area contributed by atoms with Gasteiger partial charge in [0.2, 0.25) is 0 Å². The van der Waals surface area contributed by atoms with Crippen LogP contribution >= 0.6 is 0 Å². The van der Waals surface area contributed by atoms with Crippen molar-refractivity contribution in [2.24, 2.45) is 5.92 Å². The molecule has 0 spiro atoms. The lowest BCUT2D eigenvalue weighted by atomic mass is 10.2. The van der Waals surface area contributed by atoms with Gasteiger partial charge >= 0.3 is 0 Å². The summed E-state index contributed by atoms with van der Waals surface area (Å²) in [5.74, 6) is 1.46. The summed E-state index contributed by atoms with van der Waals surface area (Å²) in [6.45, 7) is 5.25. The molecule has 0 aliphatic carbocycles. The Labute approximate surface area is 83.0 Å². The lowest BCUT2D eigenvalue weighted by Crippen LogP contribution is -2.10. The van der Waals surface area contributed by atoms with Gasteiger partial charge < -0.3 is 9.72 Å². The molecule has 0 saturated heterocycles. The fourth-order valence-corrected chi connectivity index (χ4v) is 1.28. The van der Waals surface area contributed by atoms with E-state index < -0.39 is 0 Å². The van der Waals surface area contributed by atoms with Gasteiger partial charge in [0.25, 0.3) is 0 Å². The van der Waals surface area contributed by atoms with E-state index in [0.29, 0.717) is 5.92 Å². The maximum absolute atomic E-state index is 4.26. The molecule has 0 aliphatic rings. The van der Waals surface area contributed by atoms with Crippen LogP contribution in [-0.4, -0.2) is 20.9 Å². The molecule has 2 heterocycles. The molecule has 2 aromatic rings. The Balaban J connectivity index is 2.27. The first-order chi connectivity index (χ1) is 6.77. The van der Waals surface area contributed by atoms with E-state index in [9.17, 15) is 0 Å². The van der Waals surface area contributed by atoms with Crippen LogP contribution in [0.4, 0.5) is 5.82 Å². The van der Waals surface area contributed by atoms with Crippen LogP contribution in [0.2, 0.25) is 0 Å². The highest BCUT2D eigenvalue weighted by molar-refractivity contribution is 5.62. The fourth-order valence-electron chi connectivity index (χ4n) is 1.28. The Kier molecular flexibility index (Phi) is 2.35. The van der Waals surface area contributed by atoms with Gasteiger partial charge in [-0.05, 0) is 5.92 Å². The molecule has 14 heavy (non-hydrogen) atoms. The van der Waals surface area contributed by atoms with Crippen molar-refractivity contribution in [2.45, 2.75) is 13.8 Å². The van der Waals surface area contributed by atoms with Gasteiger partial charge in [0, 0.05) is 31.3 Å². The lowest BCUT2D eigenvalue weighted by Gasteiger charge is -2.08. The van der Waals surface area contributed by atoms with Crippen LogP contribution in [0, 0.1) is 5.92 Å². The third-order valence-electron chi connectivity index (χ3n) is 1.99. The van der Waals surface area contributed by atoms with E-state index in [1.54, 1.807) is 12.4 Å². The van der Waals surface area contributed by atoms with Crippen molar-refractivity contribution in [1.82, 2.24) is 14.4 Å². The molecule has 0 bridgehead atoms. The smallest absolute Gasteiger partial charge is 0.180 e. The average molecular weight is 190 g/mol. The minimum absolute atomic E-state index is 0.604. The third-order valence-corrected chi connectivity index (χ3v) is 1.99. The van der Waals surface area contributed by atoms with Gasteiger partial charge in [0.15, 0.2) is 11.5 Å². The molecular weight excluding hydrogens is 176 g/mol. The molecular formula is C10H14N4. The first-order valence-corrected chi connectivity index (χ1v) is 4.79. The predicted molar refractivity (Wildman–Crippen MR) is 56.3 cm³/mol. The van der Waals surface area contributed by atoms with Crippen LogP contribution in [0.25, 0.3) is 5.65 Å². The Bertz CT molecular complexity index is 419. The predicted octanol–water partition coefficient (Wildman–Crippen LogP) is 1.80. The Morgan fingerprint density at radius 2 is 2.00 bits per heavy atom. The molecule has 2 aromatic heterocycles. The Morgan fingerprint density at radius 3 is 2.71 bits per heavy atom. The Morgan fingerprint density at radius 1 is 1.29 bits per heavy atom. The third kappa shape index (κ3) is 1.69. The summed E-state index contributed by atoms with van der Waals surface area (Å²) >= 11 is 0. The average Bonchev–Trinajstić information content (AvgIpc) is 2.62. The first kappa shape index (κ1) is 8.99. The zero-order valence-corrected chi connectivity index (χ0v) is 8.44. The summed E-state index contributed by atoms with van der Waals surface area (Å²) in [6.07, 6.45) is 7.36. The van der Waals surface area contributed by atoms with E-state index in [0.717, 1.165) is 18.0 Å². The number of aromatic nitrogens is 3. The molecule has 2 rings (SSSR count). The van der Waals surface area contributed by atoms with Gasteiger partial charge in [0.05, 0.1) is 0 Å². The molecule has 1 N–H and O–H groups in total. The summed E-state index contributed by atoms with van der Waals surface area (Å²) in [5.41, 5.74) is 0.883. The SMILES string of the molecule is CC(C)CNc1nccn2ccnc12. The number of imidazole rings is 1. The molecule has 0 fully saturated rings. The van der Waals surface area contributed by atoms with E-state index in [1.807, 2.05) is 16.8 Å². The molecule has 0 atom stereocenters. The van der Waals surface area contributed by atoms with Crippen molar-refractivity contribution in [2.75, 3.05) is 11.9 Å². The number of nitrogens with zero attached hydrogens (tertiary/aromatic N) is 3. The van der Waals surface area contributed by atoms with Gasteiger partial charge in [-0.2, -0.15) is 0 Å². The van der Waals surface area contributed by atoms with Gasteiger partial charge in [-0.3, -0.25) is 0 Å². The van der Waals surface area contributed by atoms with E-state index in [4.69, 9.17) is 0 Å². The number of anilines is 1. The second kappa shape index (κ2) is 3.65. The largest absolute Gasteiger partial charge is 0.367 e. The summed E-state index contributed by atoms with van der Waals surface area (Å²) in [6, 6.07) is 0. The molecule has 0 aliphatic heterocycles. The minimum atomic E-state index is 0.604. The van der Waals surface area contributed by atoms with Gasteiger partial charge in [-0.25, -0.2) is 9.97 Å². The summed E-state index contributed by atoms with van der Waals surface area (Å²) in [5, 5.41) is 3.28. The minimum Gasteiger partial charge on any atom is -0.367 e. The number of rotatable bonds is 3. The van der Waals surface area contributed by atoms with Crippen LogP contribution in [-0.2, 0) is 0 Å². The van der Waals surface area contributed by atoms with Crippen LogP contribution in [0.5, 0.6) is 0 Å². The maximum Gasteiger partial charge on any atom is 0.180 e. The van der Waals surface area contributed by atoms with Crippen LogP contribution in [0.3, 0.4) is 0 Å². The number of hydrogen-bond acceptors (Lipinski definition) is 3. The van der Waals surface area contributed by atoms with Crippen molar-refractivity contribution in [3.63, 3.8) is 0 Å². The normalized spacial score (nSPS) is 11.1. The first-order valence-electron chi connectivity index (χ1n) is 4.79. The highest BCUT2D eigenvalue weighted by atomic mass is 15.1. The number of hydrogen-bond donors (Lipinski definition) is 1. The zero-order chi connectivity index (χ0) is 9.97. The van der Waals surface area contributed by atoms with Crippen LogP contribution in [0.1, 0.15) is 13.8 Å². The van der Waals surface area contributed by atoms with Crippen molar-refractivity contribution in [3.8, 4) is 0 Å². The summed E-state index contributed by atoms with van der Waals surface area (Å²) < 4.78 is 1.95. The molecule has 0 amide bonds. The van der Waals surface area contributed by atoms with Crippen LogP contribution in [0.15, 0.2) is 24.8 Å². The van der Waals surface area contributed by atoms with Gasteiger partial charge in [-0.15, -0.1) is 0 Å². The number of fused-ring (bicyclic) bond motifs is 1. The maximum atomic E-state index is 4.26. The molecule has 4 nitrogen and oxygen atoms in total. The van der Waals surface area contributed by atoms with E-state index in [1.165, 1.54) is 0 Å². The van der Waals surface area contributed by atoms with Gasteiger partial charge in [-0.1, -0.05) is 13.8 Å². The molecule has 0 radical (unpaired) electrons. The fraction of sp³-hybridized carbons (Fsp3) is 0.400. The van der Waals surface area contributed by atoms with Crippen molar-refractivity contribution in [3.05, 3.63) is 24.8 Å². The van der Waals surface area contributed by atoms with Crippen molar-refractivity contribution >= 4 is 11.5 Å². The monoisotopic (exact) mass is 190 g/mol. The highest BCUT2D eigenvalue weighted by Gasteiger charge is 2.02. The lowest BCUT2D eigenvalue weighted by molar-refractivity contribution is 0.687. The highest BCUT2D eigenvalue weighted by Crippen LogP contribution is 2.10. The quantitative estimate of drug-likeness (QED) is 0.802. The molecule has 4 heteroatoms. The van der Waals surface area contributed by atoms with E-state index in [-0.39, 0.29) is 0 Å². The zero-order valence-electron chi connectivity index (χ0n) is 8.44. The second-order valence-corrected chi connectivity index (χ2v) is 3.71. The van der Waals surface area contributed by atoms with Crippen LogP contribution < -0.4 is 5.32 Å². The van der Waals surface area contributed by atoms with Crippen molar-refractivity contribution < 1.29 is 0 Å². The molecule has 74 valence electrons. The van der Waals surface area contributed by atoms with Crippen molar-refractivity contribution in [1.29, 1.82) is 0 Å². The summed E-state index contributed by atoms with van der Waals surface area (Å²) in [7, 11) is 0. The van der Waals surface area contributed by atoms with E-state index >= 15 is 0 Å². The standard InChI is InChI=1S/C10H14N4/c1-8(2)7-13-9-10-12-4-6-14(10)5-3-11-9/h3-6,8H,7H2,1-2H3,(H,11,13). The molecule has 0 saturated carbocycles. The molecule has 0 unspecified atom stereocenters. The van der Waals surface area contributed by atoms with E-state index in [2.05, 4.69) is 29.1 Å². The Hall–Kier alpha value is -1.58. The topological polar surface area (TPSA) is 42.2 Å². The number of nitrogens with one attached hydrogen (secondary N) is 1.